The Morgan fingerprint density at radius 2 is 2.44 bits per heavy atom. The number of nitrogens with one attached hydrogen (secondary N) is 1. The largest absolute Gasteiger partial charge is 0.481 e. The number of aliphatic carboxylic acids is 1. The minimum Gasteiger partial charge on any atom is -0.481 e. The molecule has 1 atom stereocenters. The fourth-order valence-electron chi connectivity index (χ4n) is 2.24. The van der Waals surface area contributed by atoms with Gasteiger partial charge < -0.3 is 15.3 Å². The summed E-state index contributed by atoms with van der Waals surface area (Å²) in [5.41, 5.74) is 1.52. The molecule has 0 bridgehead atoms. The molecular formula is C13H15N3O2. The Morgan fingerprint density at radius 3 is 3.17 bits per heavy atom. The van der Waals surface area contributed by atoms with E-state index < -0.39 is 5.97 Å². The standard InChI is InChI=1S/C13H15N3O2/c14-8-10-2-1-3-11(6-10)16-5-4-15-9-12(16)7-13(17)18/h1-3,6,12,15H,4-5,7,9H2,(H,17,18). The molecule has 5 nitrogen and oxygen atoms in total. The lowest BCUT2D eigenvalue weighted by Crippen LogP contribution is -2.52. The summed E-state index contributed by atoms with van der Waals surface area (Å²) in [6.45, 7) is 2.24. The molecule has 1 saturated heterocycles. The maximum Gasteiger partial charge on any atom is 0.305 e. The summed E-state index contributed by atoms with van der Waals surface area (Å²) in [7, 11) is 0. The van der Waals surface area contributed by atoms with E-state index in [4.69, 9.17) is 10.4 Å². The normalized spacial score (nSPS) is 19.3. The second kappa shape index (κ2) is 5.52. The van der Waals surface area contributed by atoms with Gasteiger partial charge in [-0.3, -0.25) is 4.79 Å². The van der Waals surface area contributed by atoms with Crippen LogP contribution in [0.15, 0.2) is 24.3 Å². The maximum atomic E-state index is 10.9. The van der Waals surface area contributed by atoms with E-state index in [0.717, 1.165) is 18.8 Å². The third kappa shape index (κ3) is 2.79. The van der Waals surface area contributed by atoms with Crippen molar-refractivity contribution in [3.63, 3.8) is 0 Å². The molecule has 1 aromatic rings. The van der Waals surface area contributed by atoms with Gasteiger partial charge in [0.2, 0.25) is 0 Å². The number of benzene rings is 1. The Kier molecular flexibility index (Phi) is 3.80. The number of hydrogen-bond donors (Lipinski definition) is 2. The van der Waals surface area contributed by atoms with Gasteiger partial charge in [0.1, 0.15) is 0 Å². The minimum absolute atomic E-state index is 0.0646. The van der Waals surface area contributed by atoms with E-state index in [1.54, 1.807) is 12.1 Å². The van der Waals surface area contributed by atoms with E-state index in [9.17, 15) is 4.79 Å². The second-order valence-corrected chi connectivity index (χ2v) is 4.31. The van der Waals surface area contributed by atoms with Crippen molar-refractivity contribution >= 4 is 11.7 Å². The van der Waals surface area contributed by atoms with Gasteiger partial charge in [-0.05, 0) is 18.2 Å². The topological polar surface area (TPSA) is 76.4 Å². The van der Waals surface area contributed by atoms with Crippen LogP contribution in [-0.4, -0.2) is 36.8 Å². The fraction of sp³-hybridized carbons (Fsp3) is 0.385. The molecule has 1 aromatic carbocycles. The SMILES string of the molecule is N#Cc1cccc(N2CCNCC2CC(=O)O)c1. The molecule has 18 heavy (non-hydrogen) atoms. The second-order valence-electron chi connectivity index (χ2n) is 4.31. The van der Waals surface area contributed by atoms with Crippen LogP contribution in [0.1, 0.15) is 12.0 Å². The average Bonchev–Trinajstić information content (AvgIpc) is 2.39. The number of piperazine rings is 1. The van der Waals surface area contributed by atoms with Gasteiger partial charge in [-0.15, -0.1) is 0 Å². The zero-order chi connectivity index (χ0) is 13.0. The molecule has 2 N–H and O–H groups in total. The van der Waals surface area contributed by atoms with Crippen molar-refractivity contribution in [2.75, 3.05) is 24.5 Å². The highest BCUT2D eigenvalue weighted by molar-refractivity contribution is 5.69. The van der Waals surface area contributed by atoms with Gasteiger partial charge in [0.15, 0.2) is 0 Å². The first-order valence-electron chi connectivity index (χ1n) is 5.90. The molecule has 0 aromatic heterocycles. The van der Waals surface area contributed by atoms with Gasteiger partial charge in [-0.25, -0.2) is 0 Å². The van der Waals surface area contributed by atoms with Crippen molar-refractivity contribution in [3.8, 4) is 6.07 Å². The Balaban J connectivity index is 2.22. The van der Waals surface area contributed by atoms with E-state index in [0.29, 0.717) is 12.1 Å². The monoisotopic (exact) mass is 245 g/mol. The number of anilines is 1. The van der Waals surface area contributed by atoms with Gasteiger partial charge in [0.05, 0.1) is 24.1 Å². The highest BCUT2D eigenvalue weighted by Crippen LogP contribution is 2.21. The Labute approximate surface area is 106 Å². The highest BCUT2D eigenvalue weighted by Gasteiger charge is 2.24. The summed E-state index contributed by atoms with van der Waals surface area (Å²) < 4.78 is 0. The lowest BCUT2D eigenvalue weighted by atomic mass is 10.1. The summed E-state index contributed by atoms with van der Waals surface area (Å²) >= 11 is 0. The predicted molar refractivity (Wildman–Crippen MR) is 67.4 cm³/mol. The van der Waals surface area contributed by atoms with Crippen molar-refractivity contribution in [1.82, 2.24) is 5.32 Å². The number of rotatable bonds is 3. The summed E-state index contributed by atoms with van der Waals surface area (Å²) in [4.78, 5) is 12.9. The Morgan fingerprint density at radius 1 is 1.61 bits per heavy atom. The summed E-state index contributed by atoms with van der Waals surface area (Å²) in [5, 5.41) is 21.0. The van der Waals surface area contributed by atoms with E-state index >= 15 is 0 Å². The lowest BCUT2D eigenvalue weighted by molar-refractivity contribution is -0.137. The van der Waals surface area contributed by atoms with Gasteiger partial charge in [0.25, 0.3) is 0 Å². The average molecular weight is 245 g/mol. The van der Waals surface area contributed by atoms with Crippen LogP contribution in [0.25, 0.3) is 0 Å². The zero-order valence-electron chi connectivity index (χ0n) is 9.97. The first-order chi connectivity index (χ1) is 8.70. The van der Waals surface area contributed by atoms with Crippen LogP contribution >= 0.6 is 0 Å². The molecule has 0 aliphatic carbocycles. The van der Waals surface area contributed by atoms with Crippen molar-refractivity contribution in [1.29, 1.82) is 5.26 Å². The molecule has 0 saturated carbocycles. The minimum atomic E-state index is -0.801. The van der Waals surface area contributed by atoms with Crippen molar-refractivity contribution in [2.24, 2.45) is 0 Å². The molecule has 0 amide bonds. The fourth-order valence-corrected chi connectivity index (χ4v) is 2.24. The highest BCUT2D eigenvalue weighted by atomic mass is 16.4. The van der Waals surface area contributed by atoms with E-state index in [1.165, 1.54) is 0 Å². The van der Waals surface area contributed by atoms with Gasteiger partial charge in [-0.1, -0.05) is 6.07 Å². The van der Waals surface area contributed by atoms with E-state index in [1.807, 2.05) is 12.1 Å². The third-order valence-electron chi connectivity index (χ3n) is 3.07. The number of hydrogen-bond acceptors (Lipinski definition) is 4. The maximum absolute atomic E-state index is 10.9. The number of nitriles is 1. The molecule has 1 fully saturated rings. The van der Waals surface area contributed by atoms with Crippen LogP contribution in [0.2, 0.25) is 0 Å². The molecule has 1 unspecified atom stereocenters. The predicted octanol–water partition coefficient (Wildman–Crippen LogP) is 0.811. The van der Waals surface area contributed by atoms with Crippen LogP contribution in [0.4, 0.5) is 5.69 Å². The molecule has 5 heteroatoms. The Bertz CT molecular complexity index is 481. The van der Waals surface area contributed by atoms with Crippen molar-refractivity contribution in [2.45, 2.75) is 12.5 Å². The molecule has 2 rings (SSSR count). The van der Waals surface area contributed by atoms with Gasteiger partial charge in [0, 0.05) is 25.3 Å². The van der Waals surface area contributed by atoms with Crippen molar-refractivity contribution in [3.05, 3.63) is 29.8 Å². The number of carbonyl (C=O) groups is 1. The zero-order valence-corrected chi connectivity index (χ0v) is 9.97. The molecule has 1 aliphatic heterocycles. The molecule has 0 spiro atoms. The number of carboxylic acids is 1. The molecule has 1 aliphatic rings. The first kappa shape index (κ1) is 12.4. The Hall–Kier alpha value is -2.06. The first-order valence-corrected chi connectivity index (χ1v) is 5.90. The van der Waals surface area contributed by atoms with Crippen molar-refractivity contribution < 1.29 is 9.90 Å². The molecule has 94 valence electrons. The van der Waals surface area contributed by atoms with Crippen LogP contribution in [-0.2, 0) is 4.79 Å². The third-order valence-corrected chi connectivity index (χ3v) is 3.07. The van der Waals surface area contributed by atoms with Gasteiger partial charge in [-0.2, -0.15) is 5.26 Å². The molecular weight excluding hydrogens is 230 g/mol. The van der Waals surface area contributed by atoms with Crippen LogP contribution in [0, 0.1) is 11.3 Å². The van der Waals surface area contributed by atoms with Crippen LogP contribution < -0.4 is 10.2 Å². The summed E-state index contributed by atoms with van der Waals surface area (Å²) in [6.07, 6.45) is 0.101. The van der Waals surface area contributed by atoms with E-state index in [2.05, 4.69) is 16.3 Å². The smallest absolute Gasteiger partial charge is 0.305 e. The lowest BCUT2D eigenvalue weighted by Gasteiger charge is -2.37. The molecule has 1 heterocycles. The summed E-state index contributed by atoms with van der Waals surface area (Å²) in [6, 6.07) is 9.34. The van der Waals surface area contributed by atoms with Crippen LogP contribution in [0.5, 0.6) is 0 Å². The van der Waals surface area contributed by atoms with Crippen LogP contribution in [0.3, 0.4) is 0 Å². The number of nitrogens with zero attached hydrogens (tertiary/aromatic N) is 2. The number of carboxylic acid groups (broad SMARTS) is 1. The summed E-state index contributed by atoms with van der Waals surface area (Å²) in [5.74, 6) is -0.801. The van der Waals surface area contributed by atoms with Gasteiger partial charge >= 0.3 is 5.97 Å². The quantitative estimate of drug-likeness (QED) is 0.824. The van der Waals surface area contributed by atoms with E-state index in [-0.39, 0.29) is 12.5 Å². The molecule has 0 radical (unpaired) electrons.